The quantitative estimate of drug-likeness (QED) is 0.708. The number of hydrogen-bond donors (Lipinski definition) is 3. The number of amides is 2. The van der Waals surface area contributed by atoms with Crippen LogP contribution in [0.25, 0.3) is 0 Å². The fourth-order valence-corrected chi connectivity index (χ4v) is 2.53. The topological polar surface area (TPSA) is 100 Å². The summed E-state index contributed by atoms with van der Waals surface area (Å²) in [6.07, 6.45) is 0. The number of aliphatic hydroxyl groups excluding tert-OH is 1. The molecule has 1 heterocycles. The van der Waals surface area contributed by atoms with Crippen molar-refractivity contribution in [3.63, 3.8) is 0 Å². The highest BCUT2D eigenvalue weighted by atomic mass is 32.2. The minimum absolute atomic E-state index is 0.346. The molecule has 8 heteroatoms. The average Bonchev–Trinajstić information content (AvgIpc) is 3.05. The lowest BCUT2D eigenvalue weighted by molar-refractivity contribution is -0.122. The summed E-state index contributed by atoms with van der Waals surface area (Å²) in [7, 11) is 1.50. The van der Waals surface area contributed by atoms with E-state index in [9.17, 15) is 14.7 Å². The van der Waals surface area contributed by atoms with E-state index in [1.165, 1.54) is 18.9 Å². The second kappa shape index (κ2) is 7.81. The molecule has 2 rings (SSSR count). The molecule has 0 spiro atoms. The number of carbonyl (C=O) groups excluding carboxylic acids is 2. The van der Waals surface area contributed by atoms with Crippen LogP contribution < -0.4 is 15.4 Å². The third kappa shape index (κ3) is 4.22. The molecule has 7 nitrogen and oxygen atoms in total. The summed E-state index contributed by atoms with van der Waals surface area (Å²) in [6.45, 7) is 0.153. The number of ether oxygens (including phenoxy) is 1. The maximum atomic E-state index is 12.1. The second-order valence-electron chi connectivity index (χ2n) is 4.47. The van der Waals surface area contributed by atoms with Crippen LogP contribution in [0.1, 0.15) is 10.4 Å². The molecule has 1 aromatic carbocycles. The summed E-state index contributed by atoms with van der Waals surface area (Å²) in [5.41, 5.74) is 0.346. The number of nitrogens with zero attached hydrogens (tertiary/aromatic N) is 1. The Hall–Kier alpha value is -2.06. The molecule has 0 aromatic heterocycles. The van der Waals surface area contributed by atoms with Gasteiger partial charge in [-0.05, 0) is 18.2 Å². The summed E-state index contributed by atoms with van der Waals surface area (Å²) in [6, 6.07) is 5.50. The Balaban J connectivity index is 1.99. The minimum atomic E-state index is -1.04. The maximum absolute atomic E-state index is 12.1. The standard InChI is InChI=1S/C14H17N3O4S/c1-21-10-4-2-3-9(7-10)12(19)16-11(8-18)13(20)17-14-15-5-6-22-14/h2-4,7,11,18H,5-6,8H2,1H3,(H,16,19)(H,15,17,20)/t11-/m0/s1. The third-order valence-electron chi connectivity index (χ3n) is 2.95. The number of amidine groups is 1. The van der Waals surface area contributed by atoms with Crippen molar-refractivity contribution in [2.75, 3.05) is 26.0 Å². The van der Waals surface area contributed by atoms with Gasteiger partial charge < -0.3 is 20.5 Å². The van der Waals surface area contributed by atoms with Crippen LogP contribution in [0.3, 0.4) is 0 Å². The van der Waals surface area contributed by atoms with Gasteiger partial charge >= 0.3 is 0 Å². The Kier molecular flexibility index (Phi) is 5.79. The van der Waals surface area contributed by atoms with E-state index in [1.54, 1.807) is 24.3 Å². The van der Waals surface area contributed by atoms with Gasteiger partial charge in [-0.1, -0.05) is 17.8 Å². The Morgan fingerprint density at radius 1 is 1.50 bits per heavy atom. The lowest BCUT2D eigenvalue weighted by Crippen LogP contribution is -2.49. The molecule has 0 aliphatic carbocycles. The van der Waals surface area contributed by atoms with Crippen LogP contribution in [0.4, 0.5) is 0 Å². The van der Waals surface area contributed by atoms with Crippen molar-refractivity contribution in [3.05, 3.63) is 29.8 Å². The van der Waals surface area contributed by atoms with Gasteiger partial charge in [0.25, 0.3) is 11.8 Å². The van der Waals surface area contributed by atoms with E-state index < -0.39 is 24.5 Å². The van der Waals surface area contributed by atoms with Crippen LogP contribution in [0.15, 0.2) is 29.3 Å². The first-order valence-electron chi connectivity index (χ1n) is 6.68. The van der Waals surface area contributed by atoms with Crippen LogP contribution in [-0.2, 0) is 4.79 Å². The minimum Gasteiger partial charge on any atom is -0.497 e. The van der Waals surface area contributed by atoms with Gasteiger partial charge in [0.1, 0.15) is 11.8 Å². The lowest BCUT2D eigenvalue weighted by Gasteiger charge is -2.16. The van der Waals surface area contributed by atoms with Crippen LogP contribution in [0.2, 0.25) is 0 Å². The van der Waals surface area contributed by atoms with Gasteiger partial charge in [0.2, 0.25) is 0 Å². The monoisotopic (exact) mass is 323 g/mol. The second-order valence-corrected chi connectivity index (χ2v) is 5.55. The molecule has 3 N–H and O–H groups in total. The molecular formula is C14H17N3O4S. The zero-order valence-electron chi connectivity index (χ0n) is 12.0. The van der Waals surface area contributed by atoms with Gasteiger partial charge in [0.05, 0.1) is 20.3 Å². The Labute approximate surface area is 132 Å². The number of nitrogens with one attached hydrogen (secondary N) is 2. The molecule has 0 saturated heterocycles. The zero-order chi connectivity index (χ0) is 15.9. The molecule has 0 unspecified atom stereocenters. The fourth-order valence-electron chi connectivity index (χ4n) is 1.80. The SMILES string of the molecule is COc1cccc(C(=O)N[C@@H](CO)C(=O)NC2=NCCS2)c1. The molecular weight excluding hydrogens is 306 g/mol. The first kappa shape index (κ1) is 16.3. The maximum Gasteiger partial charge on any atom is 0.252 e. The van der Waals surface area contributed by atoms with Crippen molar-refractivity contribution in [1.29, 1.82) is 0 Å². The van der Waals surface area contributed by atoms with E-state index in [4.69, 9.17) is 4.74 Å². The molecule has 1 aromatic rings. The molecule has 2 amide bonds. The number of carbonyl (C=O) groups is 2. The fraction of sp³-hybridized carbons (Fsp3) is 0.357. The van der Waals surface area contributed by atoms with Gasteiger partial charge in [-0.2, -0.15) is 0 Å². The molecule has 0 bridgehead atoms. The summed E-state index contributed by atoms with van der Waals surface area (Å²) in [5, 5.41) is 14.9. The number of aliphatic hydroxyl groups is 1. The predicted octanol–water partition coefficient (Wildman–Crippen LogP) is 0.00490. The molecule has 1 atom stereocenters. The van der Waals surface area contributed by atoms with Crippen molar-refractivity contribution in [2.45, 2.75) is 6.04 Å². The summed E-state index contributed by atoms with van der Waals surface area (Å²) in [5.74, 6) is 0.394. The van der Waals surface area contributed by atoms with E-state index in [-0.39, 0.29) is 0 Å². The molecule has 0 radical (unpaired) electrons. The summed E-state index contributed by atoms with van der Waals surface area (Å²) >= 11 is 1.43. The molecule has 0 saturated carbocycles. The van der Waals surface area contributed by atoms with Crippen molar-refractivity contribution in [1.82, 2.24) is 10.6 Å². The third-order valence-corrected chi connectivity index (χ3v) is 3.84. The normalized spacial score (nSPS) is 14.9. The molecule has 118 valence electrons. The molecule has 1 aliphatic heterocycles. The van der Waals surface area contributed by atoms with Crippen molar-refractivity contribution < 1.29 is 19.4 Å². The van der Waals surface area contributed by atoms with E-state index in [2.05, 4.69) is 15.6 Å². The van der Waals surface area contributed by atoms with E-state index in [0.29, 0.717) is 23.0 Å². The van der Waals surface area contributed by atoms with Crippen molar-refractivity contribution >= 4 is 28.7 Å². The first-order chi connectivity index (χ1) is 10.6. The van der Waals surface area contributed by atoms with Gasteiger partial charge in [0.15, 0.2) is 5.17 Å². The van der Waals surface area contributed by atoms with E-state index in [1.807, 2.05) is 0 Å². The lowest BCUT2D eigenvalue weighted by atomic mass is 10.2. The smallest absolute Gasteiger partial charge is 0.252 e. The zero-order valence-corrected chi connectivity index (χ0v) is 12.9. The van der Waals surface area contributed by atoms with Crippen LogP contribution in [0.5, 0.6) is 5.75 Å². The molecule has 1 aliphatic rings. The molecule has 0 fully saturated rings. The van der Waals surface area contributed by atoms with Gasteiger partial charge in [-0.15, -0.1) is 0 Å². The Bertz CT molecular complexity index is 591. The number of thioether (sulfide) groups is 1. The Morgan fingerprint density at radius 2 is 2.32 bits per heavy atom. The highest BCUT2D eigenvalue weighted by Crippen LogP contribution is 2.12. The Morgan fingerprint density at radius 3 is 2.95 bits per heavy atom. The average molecular weight is 323 g/mol. The predicted molar refractivity (Wildman–Crippen MR) is 84.2 cm³/mol. The number of rotatable bonds is 5. The van der Waals surface area contributed by atoms with Crippen molar-refractivity contribution in [2.24, 2.45) is 4.99 Å². The highest BCUT2D eigenvalue weighted by Gasteiger charge is 2.22. The first-order valence-corrected chi connectivity index (χ1v) is 7.66. The summed E-state index contributed by atoms with van der Waals surface area (Å²) < 4.78 is 5.05. The van der Waals surface area contributed by atoms with Gasteiger partial charge in [0, 0.05) is 11.3 Å². The van der Waals surface area contributed by atoms with Crippen molar-refractivity contribution in [3.8, 4) is 5.75 Å². The van der Waals surface area contributed by atoms with Crippen LogP contribution in [-0.4, -0.2) is 54.1 Å². The largest absolute Gasteiger partial charge is 0.497 e. The van der Waals surface area contributed by atoms with Gasteiger partial charge in [-0.3, -0.25) is 14.6 Å². The number of hydrogen-bond acceptors (Lipinski definition) is 6. The number of aliphatic imine (C=N–C) groups is 1. The van der Waals surface area contributed by atoms with E-state index >= 15 is 0 Å². The van der Waals surface area contributed by atoms with Gasteiger partial charge in [-0.25, -0.2) is 0 Å². The highest BCUT2D eigenvalue weighted by molar-refractivity contribution is 8.14. The number of methoxy groups -OCH3 is 1. The van der Waals surface area contributed by atoms with Crippen LogP contribution in [0, 0.1) is 0 Å². The van der Waals surface area contributed by atoms with E-state index in [0.717, 1.165) is 5.75 Å². The summed E-state index contributed by atoms with van der Waals surface area (Å²) in [4.78, 5) is 28.2. The molecule has 22 heavy (non-hydrogen) atoms. The number of benzene rings is 1. The van der Waals surface area contributed by atoms with Crippen LogP contribution >= 0.6 is 11.8 Å².